The van der Waals surface area contributed by atoms with Gasteiger partial charge in [-0.25, -0.2) is 4.98 Å². The first-order valence-electron chi connectivity index (χ1n) is 8.36. The second-order valence-electron chi connectivity index (χ2n) is 5.95. The minimum Gasteiger partial charge on any atom is -0.399 e. The molecule has 0 aliphatic carbocycles. The normalized spacial score (nSPS) is 16.2. The number of nitrogens with zero attached hydrogens (tertiary/aromatic N) is 4. The first-order chi connectivity index (χ1) is 11.8. The van der Waals surface area contributed by atoms with E-state index in [4.69, 9.17) is 4.84 Å². The maximum Gasteiger partial charge on any atom is 0.128 e. The van der Waals surface area contributed by atoms with Gasteiger partial charge >= 0.3 is 0 Å². The molecule has 1 saturated heterocycles. The summed E-state index contributed by atoms with van der Waals surface area (Å²) in [6.07, 6.45) is 2.68. The SMILES string of the molecule is CO/N=C(\Cc1ccccc1)CN1CCN(c2ccccn2)CC1. The molecular formula is C19H24N4O. The molecule has 2 heterocycles. The maximum absolute atomic E-state index is 5.05. The van der Waals surface area contributed by atoms with Crippen molar-refractivity contribution in [2.24, 2.45) is 5.16 Å². The average molecular weight is 324 g/mol. The molecule has 5 heteroatoms. The molecule has 0 unspecified atom stereocenters. The maximum atomic E-state index is 5.05. The van der Waals surface area contributed by atoms with Crippen LogP contribution in [0.3, 0.4) is 0 Å². The Bertz CT molecular complexity index is 637. The molecule has 126 valence electrons. The Morgan fingerprint density at radius 3 is 2.46 bits per heavy atom. The Labute approximate surface area is 143 Å². The van der Waals surface area contributed by atoms with E-state index < -0.39 is 0 Å². The molecule has 5 nitrogen and oxygen atoms in total. The van der Waals surface area contributed by atoms with Crippen molar-refractivity contribution in [1.29, 1.82) is 0 Å². The van der Waals surface area contributed by atoms with Crippen LogP contribution in [0.25, 0.3) is 0 Å². The third-order valence-electron chi connectivity index (χ3n) is 4.22. The molecule has 0 bridgehead atoms. The number of piperazine rings is 1. The van der Waals surface area contributed by atoms with Crippen molar-refractivity contribution < 1.29 is 4.84 Å². The van der Waals surface area contributed by atoms with Crippen molar-refractivity contribution in [3.05, 3.63) is 60.3 Å². The summed E-state index contributed by atoms with van der Waals surface area (Å²) < 4.78 is 0. The zero-order chi connectivity index (χ0) is 16.6. The monoisotopic (exact) mass is 324 g/mol. The second kappa shape index (κ2) is 8.45. The Kier molecular flexibility index (Phi) is 5.80. The van der Waals surface area contributed by atoms with Crippen LogP contribution in [0.1, 0.15) is 5.56 Å². The van der Waals surface area contributed by atoms with E-state index in [9.17, 15) is 0 Å². The number of oxime groups is 1. The number of benzene rings is 1. The molecule has 2 aromatic rings. The summed E-state index contributed by atoms with van der Waals surface area (Å²) in [5.74, 6) is 1.06. The van der Waals surface area contributed by atoms with Gasteiger partial charge in [0.25, 0.3) is 0 Å². The molecule has 1 fully saturated rings. The largest absolute Gasteiger partial charge is 0.399 e. The zero-order valence-corrected chi connectivity index (χ0v) is 14.1. The lowest BCUT2D eigenvalue weighted by atomic mass is 10.1. The van der Waals surface area contributed by atoms with Crippen molar-refractivity contribution in [2.75, 3.05) is 44.7 Å². The summed E-state index contributed by atoms with van der Waals surface area (Å²) in [4.78, 5) is 14.3. The highest BCUT2D eigenvalue weighted by atomic mass is 16.6. The Hall–Kier alpha value is -2.40. The predicted octanol–water partition coefficient (Wildman–Crippen LogP) is 2.45. The van der Waals surface area contributed by atoms with E-state index in [1.54, 1.807) is 7.11 Å². The van der Waals surface area contributed by atoms with Crippen LogP contribution < -0.4 is 4.90 Å². The molecule has 0 radical (unpaired) electrons. The van der Waals surface area contributed by atoms with Gasteiger partial charge in [-0.1, -0.05) is 41.6 Å². The Morgan fingerprint density at radius 2 is 1.79 bits per heavy atom. The van der Waals surface area contributed by atoms with Crippen LogP contribution in [-0.4, -0.2) is 55.4 Å². The molecule has 1 aromatic carbocycles. The molecule has 1 aromatic heterocycles. The fraction of sp³-hybridized carbons (Fsp3) is 0.368. The summed E-state index contributed by atoms with van der Waals surface area (Å²) in [5.41, 5.74) is 2.33. The van der Waals surface area contributed by atoms with Crippen LogP contribution in [0.5, 0.6) is 0 Å². The quantitative estimate of drug-likeness (QED) is 0.604. The van der Waals surface area contributed by atoms with Gasteiger partial charge in [-0.05, 0) is 17.7 Å². The van der Waals surface area contributed by atoms with Crippen LogP contribution >= 0.6 is 0 Å². The van der Waals surface area contributed by atoms with Gasteiger partial charge in [0.15, 0.2) is 0 Å². The van der Waals surface area contributed by atoms with Crippen LogP contribution in [0.4, 0.5) is 5.82 Å². The third-order valence-corrected chi connectivity index (χ3v) is 4.22. The summed E-state index contributed by atoms with van der Waals surface area (Å²) in [7, 11) is 1.62. The van der Waals surface area contributed by atoms with Crippen molar-refractivity contribution in [3.63, 3.8) is 0 Å². The molecule has 0 N–H and O–H groups in total. The van der Waals surface area contributed by atoms with Crippen molar-refractivity contribution >= 4 is 11.5 Å². The number of pyridine rings is 1. The van der Waals surface area contributed by atoms with Gasteiger partial charge in [0, 0.05) is 45.3 Å². The first kappa shape index (κ1) is 16.5. The van der Waals surface area contributed by atoms with Crippen LogP contribution in [0.2, 0.25) is 0 Å². The van der Waals surface area contributed by atoms with Crippen LogP contribution in [-0.2, 0) is 11.3 Å². The predicted molar refractivity (Wildman–Crippen MR) is 97.5 cm³/mol. The first-order valence-corrected chi connectivity index (χ1v) is 8.36. The van der Waals surface area contributed by atoms with E-state index in [1.807, 2.05) is 24.4 Å². The van der Waals surface area contributed by atoms with E-state index in [1.165, 1.54) is 5.56 Å². The highest BCUT2D eigenvalue weighted by Crippen LogP contribution is 2.13. The van der Waals surface area contributed by atoms with E-state index in [2.05, 4.69) is 50.3 Å². The van der Waals surface area contributed by atoms with Crippen molar-refractivity contribution in [3.8, 4) is 0 Å². The highest BCUT2D eigenvalue weighted by Gasteiger charge is 2.19. The summed E-state index contributed by atoms with van der Waals surface area (Å²) in [6.45, 7) is 4.84. The Morgan fingerprint density at radius 1 is 1.04 bits per heavy atom. The lowest BCUT2D eigenvalue weighted by Crippen LogP contribution is -2.48. The molecule has 3 rings (SSSR count). The van der Waals surface area contributed by atoms with Crippen molar-refractivity contribution in [1.82, 2.24) is 9.88 Å². The van der Waals surface area contributed by atoms with Gasteiger partial charge in [-0.3, -0.25) is 4.90 Å². The summed E-state index contributed by atoms with van der Waals surface area (Å²) in [6, 6.07) is 16.5. The second-order valence-corrected chi connectivity index (χ2v) is 5.95. The fourth-order valence-corrected chi connectivity index (χ4v) is 3.01. The van der Waals surface area contributed by atoms with Crippen LogP contribution in [0, 0.1) is 0 Å². The van der Waals surface area contributed by atoms with E-state index in [0.717, 1.165) is 50.7 Å². The summed E-state index contributed by atoms with van der Waals surface area (Å²) in [5, 5.41) is 4.24. The fourth-order valence-electron chi connectivity index (χ4n) is 3.01. The smallest absolute Gasteiger partial charge is 0.128 e. The van der Waals surface area contributed by atoms with Gasteiger partial charge in [0.1, 0.15) is 12.9 Å². The van der Waals surface area contributed by atoms with Crippen molar-refractivity contribution in [2.45, 2.75) is 6.42 Å². The molecule has 0 spiro atoms. The third kappa shape index (κ3) is 4.55. The molecule has 0 amide bonds. The number of rotatable bonds is 6. The van der Waals surface area contributed by atoms with Gasteiger partial charge < -0.3 is 9.74 Å². The molecule has 24 heavy (non-hydrogen) atoms. The average Bonchev–Trinajstić information content (AvgIpc) is 2.64. The van der Waals surface area contributed by atoms with Gasteiger partial charge in [0.05, 0.1) is 5.71 Å². The highest BCUT2D eigenvalue weighted by molar-refractivity contribution is 5.88. The van der Waals surface area contributed by atoms with Gasteiger partial charge in [-0.15, -0.1) is 0 Å². The lowest BCUT2D eigenvalue weighted by Gasteiger charge is -2.35. The minimum absolute atomic E-state index is 0.829. The number of aromatic nitrogens is 1. The topological polar surface area (TPSA) is 41.0 Å². The van der Waals surface area contributed by atoms with Gasteiger partial charge in [-0.2, -0.15) is 0 Å². The Balaban J connectivity index is 1.54. The van der Waals surface area contributed by atoms with E-state index in [0.29, 0.717) is 0 Å². The summed E-state index contributed by atoms with van der Waals surface area (Å²) >= 11 is 0. The standard InChI is InChI=1S/C19H24N4O/c1-24-21-18(15-17-7-3-2-4-8-17)16-22-11-13-23(14-12-22)19-9-5-6-10-20-19/h2-10H,11-16H2,1H3/b21-18+. The number of hydrogen-bond acceptors (Lipinski definition) is 5. The molecule has 0 saturated carbocycles. The molecule has 1 aliphatic rings. The molecular weight excluding hydrogens is 300 g/mol. The van der Waals surface area contributed by atoms with Gasteiger partial charge in [0.2, 0.25) is 0 Å². The lowest BCUT2D eigenvalue weighted by molar-refractivity contribution is 0.208. The zero-order valence-electron chi connectivity index (χ0n) is 14.1. The molecule has 0 atom stereocenters. The van der Waals surface area contributed by atoms with Crippen LogP contribution in [0.15, 0.2) is 59.9 Å². The van der Waals surface area contributed by atoms with E-state index in [-0.39, 0.29) is 0 Å². The van der Waals surface area contributed by atoms with E-state index >= 15 is 0 Å². The molecule has 1 aliphatic heterocycles. The number of anilines is 1. The number of hydrogen-bond donors (Lipinski definition) is 0. The minimum atomic E-state index is 0.829.